The first-order valence-corrected chi connectivity index (χ1v) is 10.0. The van der Waals surface area contributed by atoms with Gasteiger partial charge in [0, 0.05) is 44.6 Å². The zero-order valence-electron chi connectivity index (χ0n) is 16.0. The summed E-state index contributed by atoms with van der Waals surface area (Å²) in [6.07, 6.45) is 8.33. The molecule has 0 radical (unpaired) electrons. The van der Waals surface area contributed by atoms with Crippen molar-refractivity contribution >= 4 is 5.91 Å². The van der Waals surface area contributed by atoms with Crippen LogP contribution in [0.4, 0.5) is 0 Å². The third-order valence-corrected chi connectivity index (χ3v) is 5.73. The first kappa shape index (κ1) is 19.3. The highest BCUT2D eigenvalue weighted by molar-refractivity contribution is 5.78. The van der Waals surface area contributed by atoms with Gasteiger partial charge in [-0.25, -0.2) is 0 Å². The number of amides is 1. The zero-order valence-corrected chi connectivity index (χ0v) is 16.0. The molecule has 3 rings (SSSR count). The summed E-state index contributed by atoms with van der Waals surface area (Å²) in [5.41, 5.74) is 1.34. The summed E-state index contributed by atoms with van der Waals surface area (Å²) in [5.74, 6) is 0.399. The molecule has 2 aliphatic heterocycles. The molecule has 1 atom stereocenters. The van der Waals surface area contributed by atoms with Crippen molar-refractivity contribution in [3.05, 3.63) is 30.1 Å². The van der Waals surface area contributed by atoms with Gasteiger partial charge in [-0.15, -0.1) is 0 Å². The monoisotopic (exact) mass is 359 g/mol. The van der Waals surface area contributed by atoms with Gasteiger partial charge in [-0.05, 0) is 70.1 Å². The summed E-state index contributed by atoms with van der Waals surface area (Å²) in [7, 11) is 1.91. The van der Waals surface area contributed by atoms with E-state index in [9.17, 15) is 4.79 Å². The number of likely N-dealkylation sites (N-methyl/N-ethyl adjacent to an activating group) is 1. The van der Waals surface area contributed by atoms with Crippen LogP contribution in [0.2, 0.25) is 0 Å². The number of aromatic nitrogens is 1. The molecule has 0 bridgehead atoms. The fourth-order valence-electron chi connectivity index (χ4n) is 4.20. The van der Waals surface area contributed by atoms with E-state index in [1.807, 2.05) is 19.4 Å². The highest BCUT2D eigenvalue weighted by atomic mass is 16.1. The SMILES string of the molecule is CNCCNC(=O)[C@@H]1CCCN(C2CCN(Cc3ccncc3)CC2)C1. The van der Waals surface area contributed by atoms with E-state index in [1.165, 1.54) is 18.4 Å². The quantitative estimate of drug-likeness (QED) is 0.714. The number of nitrogens with one attached hydrogen (secondary N) is 2. The molecule has 144 valence electrons. The van der Waals surface area contributed by atoms with Gasteiger partial charge in [0.05, 0.1) is 5.92 Å². The number of likely N-dealkylation sites (tertiary alicyclic amines) is 2. The third-order valence-electron chi connectivity index (χ3n) is 5.73. The van der Waals surface area contributed by atoms with Crippen LogP contribution in [-0.4, -0.2) is 73.0 Å². The van der Waals surface area contributed by atoms with E-state index in [-0.39, 0.29) is 11.8 Å². The first-order chi connectivity index (χ1) is 12.8. The second-order valence-corrected chi connectivity index (χ2v) is 7.59. The minimum Gasteiger partial charge on any atom is -0.355 e. The van der Waals surface area contributed by atoms with Gasteiger partial charge in [0.2, 0.25) is 5.91 Å². The Hall–Kier alpha value is -1.50. The Morgan fingerprint density at radius 2 is 1.92 bits per heavy atom. The highest BCUT2D eigenvalue weighted by Gasteiger charge is 2.31. The fourth-order valence-corrected chi connectivity index (χ4v) is 4.20. The smallest absolute Gasteiger partial charge is 0.224 e. The summed E-state index contributed by atoms with van der Waals surface area (Å²) in [6, 6.07) is 4.85. The average molecular weight is 360 g/mol. The molecule has 26 heavy (non-hydrogen) atoms. The van der Waals surface area contributed by atoms with Gasteiger partial charge in [-0.3, -0.25) is 19.6 Å². The molecule has 0 unspecified atom stereocenters. The van der Waals surface area contributed by atoms with Crippen LogP contribution < -0.4 is 10.6 Å². The van der Waals surface area contributed by atoms with Crippen molar-refractivity contribution in [3.63, 3.8) is 0 Å². The van der Waals surface area contributed by atoms with Crippen molar-refractivity contribution in [1.82, 2.24) is 25.4 Å². The molecule has 6 nitrogen and oxygen atoms in total. The summed E-state index contributed by atoms with van der Waals surface area (Å²) in [6.45, 7) is 6.93. The predicted octanol–water partition coefficient (Wildman–Crippen LogP) is 1.09. The van der Waals surface area contributed by atoms with E-state index < -0.39 is 0 Å². The number of hydrogen-bond acceptors (Lipinski definition) is 5. The van der Waals surface area contributed by atoms with E-state index in [2.05, 4.69) is 37.6 Å². The van der Waals surface area contributed by atoms with Crippen molar-refractivity contribution in [3.8, 4) is 0 Å². The predicted molar refractivity (Wildman–Crippen MR) is 104 cm³/mol. The Balaban J connectivity index is 1.43. The lowest BCUT2D eigenvalue weighted by molar-refractivity contribution is -0.127. The van der Waals surface area contributed by atoms with Crippen LogP contribution in [0.5, 0.6) is 0 Å². The topological polar surface area (TPSA) is 60.5 Å². The van der Waals surface area contributed by atoms with E-state index in [4.69, 9.17) is 0 Å². The van der Waals surface area contributed by atoms with Gasteiger partial charge < -0.3 is 10.6 Å². The lowest BCUT2D eigenvalue weighted by Gasteiger charge is -2.42. The number of hydrogen-bond donors (Lipinski definition) is 2. The molecular formula is C20H33N5O. The normalized spacial score (nSPS) is 23.0. The van der Waals surface area contributed by atoms with Gasteiger partial charge >= 0.3 is 0 Å². The Bertz CT molecular complexity index is 544. The fraction of sp³-hybridized carbons (Fsp3) is 0.700. The maximum Gasteiger partial charge on any atom is 0.224 e. The second-order valence-electron chi connectivity index (χ2n) is 7.59. The van der Waals surface area contributed by atoms with E-state index in [0.717, 1.165) is 58.7 Å². The van der Waals surface area contributed by atoms with E-state index in [1.54, 1.807) is 0 Å². The first-order valence-electron chi connectivity index (χ1n) is 10.0. The number of nitrogens with zero attached hydrogens (tertiary/aromatic N) is 3. The molecule has 2 aliphatic rings. The molecule has 1 aromatic rings. The summed E-state index contributed by atoms with van der Waals surface area (Å²) >= 11 is 0. The van der Waals surface area contributed by atoms with Crippen LogP contribution in [0.25, 0.3) is 0 Å². The van der Waals surface area contributed by atoms with E-state index in [0.29, 0.717) is 6.04 Å². The minimum absolute atomic E-state index is 0.162. The van der Waals surface area contributed by atoms with Gasteiger partial charge in [0.25, 0.3) is 0 Å². The number of carbonyl (C=O) groups excluding carboxylic acids is 1. The lowest BCUT2D eigenvalue weighted by atomic mass is 9.93. The number of rotatable bonds is 7. The molecule has 0 aromatic carbocycles. The number of piperidine rings is 2. The molecule has 1 amide bonds. The molecule has 0 aliphatic carbocycles. The molecule has 1 aromatic heterocycles. The van der Waals surface area contributed by atoms with Gasteiger partial charge in [0.1, 0.15) is 0 Å². The Labute approximate surface area is 157 Å². The van der Waals surface area contributed by atoms with Crippen LogP contribution >= 0.6 is 0 Å². The maximum absolute atomic E-state index is 12.4. The molecule has 6 heteroatoms. The van der Waals surface area contributed by atoms with Crippen molar-refractivity contribution in [2.45, 2.75) is 38.3 Å². The largest absolute Gasteiger partial charge is 0.355 e. The Morgan fingerprint density at radius 1 is 1.15 bits per heavy atom. The zero-order chi connectivity index (χ0) is 18.2. The van der Waals surface area contributed by atoms with Crippen LogP contribution in [0.1, 0.15) is 31.2 Å². The molecule has 2 fully saturated rings. The standard InChI is InChI=1S/C20H33N5O/c1-21-10-11-23-20(26)18-3-2-12-25(16-18)19-6-13-24(14-7-19)15-17-4-8-22-9-5-17/h4-5,8-9,18-19,21H,2-3,6-7,10-16H2,1H3,(H,23,26)/t18-/m1/s1. The summed E-state index contributed by atoms with van der Waals surface area (Å²) in [5, 5.41) is 6.14. The van der Waals surface area contributed by atoms with Crippen LogP contribution in [0.15, 0.2) is 24.5 Å². The average Bonchev–Trinajstić information content (AvgIpc) is 2.69. The van der Waals surface area contributed by atoms with Crippen molar-refractivity contribution in [1.29, 1.82) is 0 Å². The number of carbonyl (C=O) groups is 1. The third kappa shape index (κ3) is 5.50. The molecule has 0 saturated carbocycles. The maximum atomic E-state index is 12.4. The van der Waals surface area contributed by atoms with Crippen molar-refractivity contribution < 1.29 is 4.79 Å². The van der Waals surface area contributed by atoms with E-state index >= 15 is 0 Å². The summed E-state index contributed by atoms with van der Waals surface area (Å²) in [4.78, 5) is 21.6. The van der Waals surface area contributed by atoms with Crippen LogP contribution in [0.3, 0.4) is 0 Å². The molecular weight excluding hydrogens is 326 g/mol. The van der Waals surface area contributed by atoms with Crippen LogP contribution in [-0.2, 0) is 11.3 Å². The van der Waals surface area contributed by atoms with Gasteiger partial charge in [0.15, 0.2) is 0 Å². The Kier molecular flexibility index (Phi) is 7.41. The minimum atomic E-state index is 0.162. The summed E-state index contributed by atoms with van der Waals surface area (Å²) < 4.78 is 0. The Morgan fingerprint density at radius 3 is 2.65 bits per heavy atom. The molecule has 0 spiro atoms. The van der Waals surface area contributed by atoms with Gasteiger partial charge in [-0.1, -0.05) is 0 Å². The molecule has 2 saturated heterocycles. The van der Waals surface area contributed by atoms with Crippen molar-refractivity contribution in [2.24, 2.45) is 5.92 Å². The number of pyridine rings is 1. The molecule has 3 heterocycles. The van der Waals surface area contributed by atoms with Crippen molar-refractivity contribution in [2.75, 3.05) is 46.3 Å². The molecule has 2 N–H and O–H groups in total. The van der Waals surface area contributed by atoms with Crippen LogP contribution in [0, 0.1) is 5.92 Å². The van der Waals surface area contributed by atoms with Gasteiger partial charge in [-0.2, -0.15) is 0 Å². The highest BCUT2D eigenvalue weighted by Crippen LogP contribution is 2.24. The lowest BCUT2D eigenvalue weighted by Crippen LogP contribution is -2.51. The second kappa shape index (κ2) is 10.00.